The maximum Gasteiger partial charge on any atom is 0.194 e. The molecule has 0 fully saturated rings. The standard InChI is InChI=1S/C13H8N2S2/c1-3-9(10-5-2-8-16-10)12-11(4-1)17-13-14-6-7-15(12)13/h1-8H. The van der Waals surface area contributed by atoms with E-state index in [-0.39, 0.29) is 0 Å². The highest BCUT2D eigenvalue weighted by Crippen LogP contribution is 2.35. The van der Waals surface area contributed by atoms with Crippen molar-refractivity contribution in [2.24, 2.45) is 0 Å². The van der Waals surface area contributed by atoms with Gasteiger partial charge in [0, 0.05) is 22.8 Å². The van der Waals surface area contributed by atoms with E-state index in [1.165, 1.54) is 20.7 Å². The first-order valence-corrected chi connectivity index (χ1v) is 7.01. The molecule has 0 saturated heterocycles. The van der Waals surface area contributed by atoms with E-state index in [1.807, 2.05) is 12.4 Å². The maximum atomic E-state index is 4.36. The van der Waals surface area contributed by atoms with E-state index in [4.69, 9.17) is 0 Å². The van der Waals surface area contributed by atoms with Crippen molar-refractivity contribution in [3.05, 3.63) is 48.1 Å². The molecule has 4 rings (SSSR count). The zero-order valence-corrected chi connectivity index (χ0v) is 10.5. The Bertz CT molecular complexity index is 793. The van der Waals surface area contributed by atoms with Gasteiger partial charge in [0.2, 0.25) is 0 Å². The monoisotopic (exact) mass is 256 g/mol. The third-order valence-electron chi connectivity index (χ3n) is 2.83. The van der Waals surface area contributed by atoms with E-state index in [9.17, 15) is 0 Å². The van der Waals surface area contributed by atoms with Crippen LogP contribution in [-0.4, -0.2) is 9.38 Å². The number of benzene rings is 1. The molecule has 3 heterocycles. The second-order valence-corrected chi connectivity index (χ2v) is 5.77. The van der Waals surface area contributed by atoms with Gasteiger partial charge in [-0.1, -0.05) is 29.5 Å². The summed E-state index contributed by atoms with van der Waals surface area (Å²) in [5.74, 6) is 0. The van der Waals surface area contributed by atoms with Crippen molar-refractivity contribution in [1.82, 2.24) is 9.38 Å². The van der Waals surface area contributed by atoms with Gasteiger partial charge in [-0.25, -0.2) is 4.98 Å². The topological polar surface area (TPSA) is 17.3 Å². The summed E-state index contributed by atoms with van der Waals surface area (Å²) in [4.78, 5) is 6.73. The summed E-state index contributed by atoms with van der Waals surface area (Å²) in [6.45, 7) is 0. The number of aromatic nitrogens is 2. The van der Waals surface area contributed by atoms with Crippen LogP contribution >= 0.6 is 22.7 Å². The molecule has 0 aliphatic rings. The summed E-state index contributed by atoms with van der Waals surface area (Å²) in [5.41, 5.74) is 2.56. The number of nitrogens with zero attached hydrogens (tertiary/aromatic N) is 2. The quantitative estimate of drug-likeness (QED) is 0.497. The summed E-state index contributed by atoms with van der Waals surface area (Å²) < 4.78 is 3.47. The number of rotatable bonds is 1. The Morgan fingerprint density at radius 1 is 1.12 bits per heavy atom. The van der Waals surface area contributed by atoms with E-state index in [0.717, 1.165) is 4.96 Å². The van der Waals surface area contributed by atoms with E-state index in [1.54, 1.807) is 22.7 Å². The van der Waals surface area contributed by atoms with Gasteiger partial charge in [0.05, 0.1) is 10.2 Å². The van der Waals surface area contributed by atoms with Crippen molar-refractivity contribution < 1.29 is 0 Å². The van der Waals surface area contributed by atoms with Gasteiger partial charge < -0.3 is 0 Å². The summed E-state index contributed by atoms with van der Waals surface area (Å²) >= 11 is 3.51. The Labute approximate surface area is 106 Å². The fourth-order valence-corrected chi connectivity index (χ4v) is 3.88. The van der Waals surface area contributed by atoms with Gasteiger partial charge in [-0.3, -0.25) is 4.40 Å². The molecular weight excluding hydrogens is 248 g/mol. The molecule has 0 unspecified atom stereocenters. The first-order chi connectivity index (χ1) is 8.43. The largest absolute Gasteiger partial charge is 0.290 e. The van der Waals surface area contributed by atoms with Crippen LogP contribution in [0, 0.1) is 0 Å². The van der Waals surface area contributed by atoms with Crippen LogP contribution in [0.1, 0.15) is 0 Å². The fourth-order valence-electron chi connectivity index (χ4n) is 2.12. The van der Waals surface area contributed by atoms with Crippen LogP contribution in [0.5, 0.6) is 0 Å². The van der Waals surface area contributed by atoms with Crippen LogP contribution < -0.4 is 0 Å². The highest BCUT2D eigenvalue weighted by atomic mass is 32.1. The Balaban J connectivity index is 2.21. The summed E-state index contributed by atoms with van der Waals surface area (Å²) in [6, 6.07) is 10.7. The van der Waals surface area contributed by atoms with E-state index in [2.05, 4.69) is 45.1 Å². The molecule has 0 atom stereocenters. The lowest BCUT2D eigenvalue weighted by Gasteiger charge is -2.00. The number of thiophene rings is 1. The lowest BCUT2D eigenvalue weighted by atomic mass is 10.1. The number of fused-ring (bicyclic) bond motifs is 3. The van der Waals surface area contributed by atoms with Gasteiger partial charge in [-0.15, -0.1) is 11.3 Å². The van der Waals surface area contributed by atoms with Gasteiger partial charge in [0.1, 0.15) is 0 Å². The molecule has 0 saturated carbocycles. The van der Waals surface area contributed by atoms with Gasteiger partial charge >= 0.3 is 0 Å². The van der Waals surface area contributed by atoms with Crippen molar-refractivity contribution in [3.8, 4) is 10.4 Å². The van der Waals surface area contributed by atoms with Crippen LogP contribution in [-0.2, 0) is 0 Å². The third kappa shape index (κ3) is 1.28. The van der Waals surface area contributed by atoms with E-state index in [0.29, 0.717) is 0 Å². The molecule has 0 aliphatic heterocycles. The zero-order valence-electron chi connectivity index (χ0n) is 8.83. The maximum absolute atomic E-state index is 4.36. The number of hydrogen-bond donors (Lipinski definition) is 0. The molecule has 3 aromatic heterocycles. The molecule has 2 nitrogen and oxygen atoms in total. The van der Waals surface area contributed by atoms with Gasteiger partial charge in [-0.05, 0) is 17.5 Å². The Morgan fingerprint density at radius 2 is 2.12 bits per heavy atom. The molecule has 0 amide bonds. The molecule has 82 valence electrons. The van der Waals surface area contributed by atoms with Gasteiger partial charge in [0.15, 0.2) is 4.96 Å². The van der Waals surface area contributed by atoms with Crippen LogP contribution in [0.3, 0.4) is 0 Å². The minimum absolute atomic E-state index is 1.06. The number of hydrogen-bond acceptors (Lipinski definition) is 3. The normalized spacial score (nSPS) is 11.5. The van der Waals surface area contributed by atoms with Crippen molar-refractivity contribution in [2.75, 3.05) is 0 Å². The molecule has 4 heteroatoms. The second kappa shape index (κ2) is 3.42. The molecule has 0 radical (unpaired) electrons. The minimum Gasteiger partial charge on any atom is -0.290 e. The molecule has 17 heavy (non-hydrogen) atoms. The minimum atomic E-state index is 1.06. The molecule has 0 N–H and O–H groups in total. The molecule has 1 aromatic carbocycles. The van der Waals surface area contributed by atoms with Crippen molar-refractivity contribution >= 4 is 37.9 Å². The average molecular weight is 256 g/mol. The van der Waals surface area contributed by atoms with Crippen LogP contribution in [0.4, 0.5) is 0 Å². The lowest BCUT2D eigenvalue weighted by Crippen LogP contribution is -1.81. The molecule has 0 bridgehead atoms. The van der Waals surface area contributed by atoms with Crippen molar-refractivity contribution in [1.29, 1.82) is 0 Å². The van der Waals surface area contributed by atoms with E-state index >= 15 is 0 Å². The molecule has 4 aromatic rings. The number of thiazole rings is 1. The second-order valence-electron chi connectivity index (χ2n) is 3.81. The summed E-state index contributed by atoms with van der Waals surface area (Å²) in [5, 5.41) is 2.12. The van der Waals surface area contributed by atoms with Gasteiger partial charge in [-0.2, -0.15) is 0 Å². The van der Waals surface area contributed by atoms with Crippen LogP contribution in [0.25, 0.3) is 25.6 Å². The Kier molecular flexibility index (Phi) is 1.89. The lowest BCUT2D eigenvalue weighted by molar-refractivity contribution is 1.30. The molecule has 0 spiro atoms. The summed E-state index contributed by atoms with van der Waals surface area (Å²) in [7, 11) is 0. The smallest absolute Gasteiger partial charge is 0.194 e. The van der Waals surface area contributed by atoms with Gasteiger partial charge in [0.25, 0.3) is 0 Å². The first-order valence-electron chi connectivity index (χ1n) is 5.32. The van der Waals surface area contributed by atoms with Crippen LogP contribution in [0.2, 0.25) is 0 Å². The Hall–Kier alpha value is -1.65. The summed E-state index contributed by atoms with van der Waals surface area (Å²) in [6.07, 6.45) is 3.89. The first kappa shape index (κ1) is 9.39. The van der Waals surface area contributed by atoms with Crippen molar-refractivity contribution in [3.63, 3.8) is 0 Å². The molecular formula is C13H8N2S2. The predicted molar refractivity (Wildman–Crippen MR) is 73.9 cm³/mol. The number of para-hydroxylation sites is 1. The fraction of sp³-hybridized carbons (Fsp3) is 0. The van der Waals surface area contributed by atoms with Crippen LogP contribution in [0.15, 0.2) is 48.1 Å². The number of imidazole rings is 1. The predicted octanol–water partition coefficient (Wildman–Crippen LogP) is 4.28. The highest BCUT2D eigenvalue weighted by Gasteiger charge is 2.11. The molecule has 0 aliphatic carbocycles. The third-order valence-corrected chi connectivity index (χ3v) is 4.77. The Morgan fingerprint density at radius 3 is 3.00 bits per heavy atom. The average Bonchev–Trinajstić information content (AvgIpc) is 3.04. The SMILES string of the molecule is c1csc(-c2cccc3sc4nccn4c23)c1. The highest BCUT2D eigenvalue weighted by molar-refractivity contribution is 7.23. The zero-order chi connectivity index (χ0) is 11.2. The van der Waals surface area contributed by atoms with E-state index < -0.39 is 0 Å². The van der Waals surface area contributed by atoms with Crippen molar-refractivity contribution in [2.45, 2.75) is 0 Å².